The summed E-state index contributed by atoms with van der Waals surface area (Å²) in [5.41, 5.74) is 0. The fourth-order valence-electron chi connectivity index (χ4n) is 1.29. The molecule has 1 unspecified atom stereocenters. The molecule has 1 aromatic heterocycles. The molecule has 0 aromatic carbocycles. The molecule has 0 saturated carbocycles. The summed E-state index contributed by atoms with van der Waals surface area (Å²) in [5, 5.41) is 4.55. The number of imidazole rings is 1. The molecule has 86 valence electrons. The standard InChI is InChI=1S/C11H21N3S/c1-4-5-12-8-10(2)9-15-11-13-6-7-14(11)3/h6-7,10,12H,4-5,8-9H2,1-3H3. The van der Waals surface area contributed by atoms with E-state index < -0.39 is 0 Å². The van der Waals surface area contributed by atoms with Crippen molar-refractivity contribution < 1.29 is 0 Å². The highest BCUT2D eigenvalue weighted by atomic mass is 32.2. The summed E-state index contributed by atoms with van der Waals surface area (Å²) >= 11 is 1.83. The number of nitrogens with one attached hydrogen (secondary N) is 1. The van der Waals surface area contributed by atoms with Gasteiger partial charge in [-0.1, -0.05) is 25.6 Å². The Morgan fingerprint density at radius 3 is 3.00 bits per heavy atom. The number of hydrogen-bond acceptors (Lipinski definition) is 3. The van der Waals surface area contributed by atoms with Crippen molar-refractivity contribution in [2.75, 3.05) is 18.8 Å². The smallest absolute Gasteiger partial charge is 0.167 e. The summed E-state index contributed by atoms with van der Waals surface area (Å²) in [5.74, 6) is 1.82. The maximum Gasteiger partial charge on any atom is 0.167 e. The molecule has 0 fully saturated rings. The molecule has 0 aliphatic carbocycles. The van der Waals surface area contributed by atoms with Crippen LogP contribution in [0.2, 0.25) is 0 Å². The Morgan fingerprint density at radius 2 is 2.40 bits per heavy atom. The van der Waals surface area contributed by atoms with Crippen molar-refractivity contribution in [2.45, 2.75) is 25.4 Å². The van der Waals surface area contributed by atoms with E-state index in [-0.39, 0.29) is 0 Å². The minimum Gasteiger partial charge on any atom is -0.329 e. The van der Waals surface area contributed by atoms with E-state index in [1.54, 1.807) is 0 Å². The Kier molecular flexibility index (Phi) is 5.79. The van der Waals surface area contributed by atoms with Gasteiger partial charge >= 0.3 is 0 Å². The molecule has 0 saturated heterocycles. The van der Waals surface area contributed by atoms with E-state index >= 15 is 0 Å². The lowest BCUT2D eigenvalue weighted by Crippen LogP contribution is -2.23. The molecule has 0 aliphatic rings. The van der Waals surface area contributed by atoms with E-state index in [9.17, 15) is 0 Å². The maximum absolute atomic E-state index is 4.29. The first-order valence-electron chi connectivity index (χ1n) is 5.55. The van der Waals surface area contributed by atoms with Crippen molar-refractivity contribution in [3.05, 3.63) is 12.4 Å². The van der Waals surface area contributed by atoms with Gasteiger partial charge in [0, 0.05) is 25.2 Å². The Labute approximate surface area is 96.7 Å². The zero-order chi connectivity index (χ0) is 11.1. The van der Waals surface area contributed by atoms with Crippen molar-refractivity contribution in [1.29, 1.82) is 0 Å². The lowest BCUT2D eigenvalue weighted by Gasteiger charge is -2.11. The van der Waals surface area contributed by atoms with Gasteiger partial charge in [-0.2, -0.15) is 0 Å². The number of thioether (sulfide) groups is 1. The Morgan fingerprint density at radius 1 is 1.60 bits per heavy atom. The van der Waals surface area contributed by atoms with Gasteiger partial charge in [0.15, 0.2) is 5.16 Å². The zero-order valence-corrected chi connectivity index (χ0v) is 10.7. The van der Waals surface area contributed by atoms with Gasteiger partial charge in [0.25, 0.3) is 0 Å². The van der Waals surface area contributed by atoms with Crippen molar-refractivity contribution in [3.63, 3.8) is 0 Å². The molecule has 0 radical (unpaired) electrons. The third-order valence-corrected chi connectivity index (χ3v) is 3.58. The van der Waals surface area contributed by atoms with Crippen LogP contribution in [0, 0.1) is 5.92 Å². The van der Waals surface area contributed by atoms with Gasteiger partial charge in [0.1, 0.15) is 0 Å². The van der Waals surface area contributed by atoms with Gasteiger partial charge in [0.05, 0.1) is 0 Å². The van der Waals surface area contributed by atoms with Crippen LogP contribution in [0.5, 0.6) is 0 Å². The summed E-state index contributed by atoms with van der Waals surface area (Å²) in [7, 11) is 2.04. The second kappa shape index (κ2) is 6.90. The Hall–Kier alpha value is -0.480. The highest BCUT2D eigenvalue weighted by Gasteiger charge is 2.05. The van der Waals surface area contributed by atoms with Crippen LogP contribution in [-0.4, -0.2) is 28.4 Å². The first-order valence-corrected chi connectivity index (χ1v) is 6.53. The van der Waals surface area contributed by atoms with Crippen molar-refractivity contribution in [2.24, 2.45) is 13.0 Å². The summed E-state index contributed by atoms with van der Waals surface area (Å²) in [4.78, 5) is 4.29. The van der Waals surface area contributed by atoms with Gasteiger partial charge in [-0.25, -0.2) is 4.98 Å². The highest BCUT2D eigenvalue weighted by molar-refractivity contribution is 7.99. The van der Waals surface area contributed by atoms with Crippen LogP contribution in [-0.2, 0) is 7.05 Å². The largest absolute Gasteiger partial charge is 0.329 e. The van der Waals surface area contributed by atoms with E-state index in [0.717, 1.165) is 24.0 Å². The topological polar surface area (TPSA) is 29.9 Å². The first-order chi connectivity index (χ1) is 7.24. The fourth-order valence-corrected chi connectivity index (χ4v) is 2.24. The van der Waals surface area contributed by atoms with E-state index in [4.69, 9.17) is 0 Å². The number of aromatic nitrogens is 2. The average molecular weight is 227 g/mol. The molecular weight excluding hydrogens is 206 g/mol. The van der Waals surface area contributed by atoms with Gasteiger partial charge < -0.3 is 9.88 Å². The molecule has 1 heterocycles. The minimum absolute atomic E-state index is 0.693. The molecule has 0 amide bonds. The quantitative estimate of drug-likeness (QED) is 0.572. The van der Waals surface area contributed by atoms with Gasteiger partial charge in [0.2, 0.25) is 0 Å². The third-order valence-electron chi connectivity index (χ3n) is 2.19. The predicted molar refractivity (Wildman–Crippen MR) is 66.3 cm³/mol. The number of rotatable bonds is 7. The molecule has 1 rings (SSSR count). The van der Waals surface area contributed by atoms with Gasteiger partial charge in [-0.05, 0) is 25.4 Å². The maximum atomic E-state index is 4.29. The van der Waals surface area contributed by atoms with Crippen LogP contribution in [0.1, 0.15) is 20.3 Å². The fraction of sp³-hybridized carbons (Fsp3) is 0.727. The number of aryl methyl sites for hydroxylation is 1. The average Bonchev–Trinajstić information content (AvgIpc) is 2.61. The van der Waals surface area contributed by atoms with Crippen LogP contribution in [0.4, 0.5) is 0 Å². The lowest BCUT2D eigenvalue weighted by molar-refractivity contribution is 0.556. The van der Waals surface area contributed by atoms with Gasteiger partial charge in [-0.3, -0.25) is 0 Å². The van der Waals surface area contributed by atoms with Crippen molar-refractivity contribution in [3.8, 4) is 0 Å². The molecule has 0 aliphatic heterocycles. The first kappa shape index (κ1) is 12.6. The molecule has 1 N–H and O–H groups in total. The van der Waals surface area contributed by atoms with Crippen LogP contribution in [0.15, 0.2) is 17.6 Å². The van der Waals surface area contributed by atoms with Crippen molar-refractivity contribution in [1.82, 2.24) is 14.9 Å². The molecule has 3 nitrogen and oxygen atoms in total. The monoisotopic (exact) mass is 227 g/mol. The Balaban J connectivity index is 2.16. The SMILES string of the molecule is CCCNCC(C)CSc1nccn1C. The highest BCUT2D eigenvalue weighted by Crippen LogP contribution is 2.17. The van der Waals surface area contributed by atoms with E-state index in [1.165, 1.54) is 6.42 Å². The molecule has 1 atom stereocenters. The van der Waals surface area contributed by atoms with E-state index in [1.807, 2.05) is 31.2 Å². The number of hydrogen-bond donors (Lipinski definition) is 1. The van der Waals surface area contributed by atoms with Crippen LogP contribution >= 0.6 is 11.8 Å². The van der Waals surface area contributed by atoms with Crippen LogP contribution in [0.25, 0.3) is 0 Å². The molecule has 0 bridgehead atoms. The Bertz CT molecular complexity index is 273. The summed E-state index contributed by atoms with van der Waals surface area (Å²) in [6, 6.07) is 0. The van der Waals surface area contributed by atoms with E-state index in [2.05, 4.69) is 28.7 Å². The van der Waals surface area contributed by atoms with Crippen molar-refractivity contribution >= 4 is 11.8 Å². The van der Waals surface area contributed by atoms with Gasteiger partial charge in [-0.15, -0.1) is 0 Å². The second-order valence-electron chi connectivity index (χ2n) is 3.94. The number of nitrogens with zero attached hydrogens (tertiary/aromatic N) is 2. The molecule has 0 spiro atoms. The van der Waals surface area contributed by atoms with Crippen LogP contribution in [0.3, 0.4) is 0 Å². The molecule has 15 heavy (non-hydrogen) atoms. The summed E-state index contributed by atoms with van der Waals surface area (Å²) in [6.45, 7) is 6.70. The second-order valence-corrected chi connectivity index (χ2v) is 4.93. The lowest BCUT2D eigenvalue weighted by atomic mass is 10.2. The molecular formula is C11H21N3S. The molecule has 1 aromatic rings. The van der Waals surface area contributed by atoms with E-state index in [0.29, 0.717) is 5.92 Å². The molecule has 4 heteroatoms. The third kappa shape index (κ3) is 4.71. The van der Waals surface area contributed by atoms with Crippen LogP contribution < -0.4 is 5.32 Å². The zero-order valence-electron chi connectivity index (χ0n) is 9.86. The minimum atomic E-state index is 0.693. The summed E-state index contributed by atoms with van der Waals surface area (Å²) in [6.07, 6.45) is 5.05. The predicted octanol–water partition coefficient (Wildman–Crippen LogP) is 2.15. The normalized spacial score (nSPS) is 13.0. The summed E-state index contributed by atoms with van der Waals surface area (Å²) < 4.78 is 2.07.